The molecule has 1 aromatic carbocycles. The number of unbranched alkanes of at least 4 members (excludes halogenated alkanes) is 1. The summed E-state index contributed by atoms with van der Waals surface area (Å²) < 4.78 is 6.11. The lowest BCUT2D eigenvalue weighted by Gasteiger charge is -2.35. The summed E-state index contributed by atoms with van der Waals surface area (Å²) in [4.78, 5) is 117. The summed E-state index contributed by atoms with van der Waals surface area (Å²) in [5.41, 5.74) is 8.86. The normalized spacial score (nSPS) is 17.3. The van der Waals surface area contributed by atoms with Crippen molar-refractivity contribution >= 4 is 53.4 Å². The Morgan fingerprint density at radius 3 is 2.10 bits per heavy atom. The minimum absolute atomic E-state index is 0.0245. The highest BCUT2D eigenvalue weighted by Gasteiger charge is 2.45. The average molecular weight is 849 g/mol. The average Bonchev–Trinajstić information content (AvgIpc) is 3.62. The van der Waals surface area contributed by atoms with Gasteiger partial charge in [0.2, 0.25) is 23.6 Å². The highest BCUT2D eigenvalue weighted by atomic mass is 16.5. The second kappa shape index (κ2) is 24.3. The zero-order chi connectivity index (χ0) is 45.3. The first-order chi connectivity index (χ1) is 28.2. The Balaban J connectivity index is 2.45. The Kier molecular flexibility index (Phi) is 20.4. The number of likely N-dealkylation sites (tertiary alicyclic amines) is 1. The SMILES string of the molecule is CCCCN(NC(=O)[C@@H]1C[C@@H](OCc2ccccc2)CN1C(=O)[C@@H](NC(=O)[C@H]([C@@H](C)CC)N(O)C(=O)[C@@H](CCC(=O)O)NC(=O)[C@H](CC(=O)O)NC(C)=O)C(C)C)C(N)=O. The number of carboxylic acid groups (broad SMARTS) is 2. The first-order valence-corrected chi connectivity index (χ1v) is 19.9. The number of urea groups is 1. The van der Waals surface area contributed by atoms with Crippen LogP contribution in [0.3, 0.4) is 0 Å². The van der Waals surface area contributed by atoms with Gasteiger partial charge in [0.05, 0.1) is 19.1 Å². The molecular formula is C39H60N8O13. The lowest BCUT2D eigenvalue weighted by atomic mass is 9.95. The highest BCUT2D eigenvalue weighted by molar-refractivity contribution is 5.97. The Morgan fingerprint density at radius 1 is 0.917 bits per heavy atom. The summed E-state index contributed by atoms with van der Waals surface area (Å²) in [7, 11) is 0. The second-order valence-corrected chi connectivity index (χ2v) is 15.1. The number of benzene rings is 1. The molecule has 1 saturated heterocycles. The first-order valence-electron chi connectivity index (χ1n) is 19.9. The van der Waals surface area contributed by atoms with E-state index >= 15 is 0 Å². The maximum Gasteiger partial charge on any atom is 0.333 e. The first kappa shape index (κ1) is 50.3. The third-order valence-electron chi connectivity index (χ3n) is 9.93. The van der Waals surface area contributed by atoms with Gasteiger partial charge in [0.15, 0.2) is 0 Å². The number of hydrogen-bond donors (Lipinski definition) is 8. The zero-order valence-electron chi connectivity index (χ0n) is 34.9. The van der Waals surface area contributed by atoms with E-state index in [4.69, 9.17) is 10.5 Å². The van der Waals surface area contributed by atoms with Crippen LogP contribution in [0.4, 0.5) is 4.79 Å². The van der Waals surface area contributed by atoms with Crippen LogP contribution >= 0.6 is 0 Å². The van der Waals surface area contributed by atoms with Crippen molar-refractivity contribution in [1.82, 2.24) is 36.3 Å². The molecule has 1 aromatic rings. The molecule has 0 aliphatic carbocycles. The molecule has 2 rings (SSSR count). The van der Waals surface area contributed by atoms with Crippen LogP contribution in [0.5, 0.6) is 0 Å². The van der Waals surface area contributed by atoms with Gasteiger partial charge in [0, 0.05) is 32.9 Å². The molecule has 21 heteroatoms. The number of rotatable bonds is 23. The quantitative estimate of drug-likeness (QED) is 0.0550. The third kappa shape index (κ3) is 15.4. The number of hydrazine groups is 1. The summed E-state index contributed by atoms with van der Waals surface area (Å²) in [6, 6.07) is 0.562. The van der Waals surface area contributed by atoms with E-state index in [2.05, 4.69) is 21.4 Å². The van der Waals surface area contributed by atoms with Gasteiger partial charge in [-0.05, 0) is 30.2 Å². The zero-order valence-corrected chi connectivity index (χ0v) is 34.9. The lowest BCUT2D eigenvalue weighted by molar-refractivity contribution is -0.187. The van der Waals surface area contributed by atoms with Gasteiger partial charge >= 0.3 is 18.0 Å². The number of carbonyl (C=O) groups excluding carboxylic acids is 7. The van der Waals surface area contributed by atoms with Gasteiger partial charge in [0.1, 0.15) is 30.2 Å². The minimum Gasteiger partial charge on any atom is -0.481 e. The van der Waals surface area contributed by atoms with Gasteiger partial charge in [-0.3, -0.25) is 49.0 Å². The smallest absolute Gasteiger partial charge is 0.333 e. The fourth-order valence-corrected chi connectivity index (χ4v) is 6.43. The summed E-state index contributed by atoms with van der Waals surface area (Å²) in [6.07, 6.45) is -1.40. The van der Waals surface area contributed by atoms with E-state index < -0.39 is 121 Å². The molecule has 21 nitrogen and oxygen atoms in total. The van der Waals surface area contributed by atoms with Crippen molar-refractivity contribution in [3.63, 3.8) is 0 Å². The van der Waals surface area contributed by atoms with E-state index in [0.717, 1.165) is 17.5 Å². The van der Waals surface area contributed by atoms with Crippen LogP contribution in [0.1, 0.15) is 92.1 Å². The maximum atomic E-state index is 14.5. The molecule has 0 bridgehead atoms. The van der Waals surface area contributed by atoms with Crippen molar-refractivity contribution in [3.8, 4) is 0 Å². The van der Waals surface area contributed by atoms with Crippen molar-refractivity contribution in [2.75, 3.05) is 13.1 Å². The van der Waals surface area contributed by atoms with E-state index in [-0.39, 0.29) is 37.6 Å². The van der Waals surface area contributed by atoms with Gasteiger partial charge in [0.25, 0.3) is 11.8 Å². The molecule has 0 radical (unpaired) electrons. The molecule has 334 valence electrons. The van der Waals surface area contributed by atoms with Crippen LogP contribution in [0.15, 0.2) is 30.3 Å². The van der Waals surface area contributed by atoms with Crippen molar-refractivity contribution < 1.29 is 63.3 Å². The number of amides is 8. The number of hydroxylamine groups is 2. The van der Waals surface area contributed by atoms with Gasteiger partial charge < -0.3 is 41.5 Å². The van der Waals surface area contributed by atoms with Crippen LogP contribution in [-0.2, 0) is 49.7 Å². The fourth-order valence-electron chi connectivity index (χ4n) is 6.43. The molecule has 1 fully saturated rings. The number of primary amides is 1. The molecule has 0 spiro atoms. The molecule has 7 atom stereocenters. The Hall–Kier alpha value is -5.83. The van der Waals surface area contributed by atoms with Crippen LogP contribution in [0.2, 0.25) is 0 Å². The molecule has 0 unspecified atom stereocenters. The van der Waals surface area contributed by atoms with Crippen LogP contribution in [0.25, 0.3) is 0 Å². The number of carboxylic acids is 2. The molecule has 1 aliphatic heterocycles. The molecule has 60 heavy (non-hydrogen) atoms. The van der Waals surface area contributed by atoms with Crippen LogP contribution in [-0.4, -0.2) is 133 Å². The fraction of sp³-hybridized carbons (Fsp3) is 0.615. The Morgan fingerprint density at radius 2 is 1.57 bits per heavy atom. The Labute approximate surface area is 348 Å². The molecule has 0 aromatic heterocycles. The molecule has 0 saturated carbocycles. The van der Waals surface area contributed by atoms with Crippen molar-refractivity contribution in [1.29, 1.82) is 0 Å². The third-order valence-corrected chi connectivity index (χ3v) is 9.93. The van der Waals surface area contributed by atoms with E-state index in [1.165, 1.54) is 11.8 Å². The Bertz CT molecular complexity index is 1660. The van der Waals surface area contributed by atoms with Gasteiger partial charge in [-0.1, -0.05) is 77.8 Å². The number of nitrogens with two attached hydrogens (primary N) is 1. The summed E-state index contributed by atoms with van der Waals surface area (Å²) in [5, 5.41) is 37.9. The highest BCUT2D eigenvalue weighted by Crippen LogP contribution is 2.25. The van der Waals surface area contributed by atoms with Gasteiger partial charge in [-0.25, -0.2) is 14.9 Å². The molecular weight excluding hydrogens is 788 g/mol. The van der Waals surface area contributed by atoms with Crippen molar-refractivity contribution in [2.24, 2.45) is 17.6 Å². The van der Waals surface area contributed by atoms with E-state index in [0.29, 0.717) is 12.8 Å². The number of nitrogens with one attached hydrogen (secondary N) is 4. The topological polar surface area (TPSA) is 307 Å². The predicted molar refractivity (Wildman–Crippen MR) is 212 cm³/mol. The summed E-state index contributed by atoms with van der Waals surface area (Å²) in [6.45, 7) is 9.53. The minimum atomic E-state index is -1.81. The number of aliphatic carboxylic acids is 2. The second-order valence-electron chi connectivity index (χ2n) is 15.1. The standard InChI is InChI=1S/C39H60N8O13/c1-7-9-17-46(39(40)58)44-35(54)29-18-26(60-21-25-13-11-10-12-14-25)20-45(29)38(57)32(22(3)4)43-36(55)33(23(5)8-2)47(59)37(56)27(15-16-30(49)50)42-34(53)28(19-31(51)52)41-24(6)48/h10-14,22-23,26-29,32-33,59H,7-9,15-21H2,1-6H3,(H2,40,58)(H,41,48)(H,42,53)(H,43,55)(H,44,54)(H,49,50)(H,51,52)/t23-,26+,27+,28-,29-,32-,33-/m0/s1. The maximum absolute atomic E-state index is 14.5. The van der Waals surface area contributed by atoms with E-state index in [1.807, 2.05) is 37.3 Å². The number of carbonyl (C=O) groups is 9. The summed E-state index contributed by atoms with van der Waals surface area (Å²) >= 11 is 0. The molecule has 9 N–H and O–H groups in total. The summed E-state index contributed by atoms with van der Waals surface area (Å²) in [5.74, 6) is -10.00. The molecule has 8 amide bonds. The number of hydrogen-bond acceptors (Lipinski definition) is 11. The number of nitrogens with zero attached hydrogens (tertiary/aromatic N) is 3. The predicted octanol–water partition coefficient (Wildman–Crippen LogP) is 0.487. The van der Waals surface area contributed by atoms with E-state index in [9.17, 15) is 58.6 Å². The van der Waals surface area contributed by atoms with E-state index in [1.54, 1.807) is 20.8 Å². The number of ether oxygens (including phenoxy) is 1. The van der Waals surface area contributed by atoms with Gasteiger partial charge in [-0.2, -0.15) is 0 Å². The lowest BCUT2D eigenvalue weighted by Crippen LogP contribution is -2.62. The van der Waals surface area contributed by atoms with Gasteiger partial charge in [-0.15, -0.1) is 0 Å². The van der Waals surface area contributed by atoms with Crippen molar-refractivity contribution in [3.05, 3.63) is 35.9 Å². The molecule has 1 aliphatic rings. The van der Waals surface area contributed by atoms with Crippen LogP contribution < -0.4 is 27.1 Å². The van der Waals surface area contributed by atoms with Crippen molar-refractivity contribution in [2.45, 2.75) is 129 Å². The largest absolute Gasteiger partial charge is 0.481 e. The monoisotopic (exact) mass is 848 g/mol. The van der Waals surface area contributed by atoms with Crippen LogP contribution in [0, 0.1) is 11.8 Å². The molecule has 1 heterocycles.